The third-order valence-electron chi connectivity index (χ3n) is 3.79. The lowest BCUT2D eigenvalue weighted by molar-refractivity contribution is 0.117. The molecule has 4 heteroatoms. The standard InChI is InChI=1S/C14H25N3O/c1-10(2)17-6-5-13(16-17)8-14(15-4)12-7-11(3)18-9-12/h5-6,10-12,14-15H,7-9H2,1-4H3. The van der Waals surface area contributed by atoms with Crippen molar-refractivity contribution in [3.05, 3.63) is 18.0 Å². The summed E-state index contributed by atoms with van der Waals surface area (Å²) in [5.41, 5.74) is 1.17. The van der Waals surface area contributed by atoms with Crippen LogP contribution in [0.15, 0.2) is 12.3 Å². The van der Waals surface area contributed by atoms with Gasteiger partial charge in [0, 0.05) is 30.6 Å². The number of ether oxygens (including phenoxy) is 1. The maximum absolute atomic E-state index is 5.66. The van der Waals surface area contributed by atoms with Crippen molar-refractivity contribution < 1.29 is 4.74 Å². The van der Waals surface area contributed by atoms with E-state index in [-0.39, 0.29) is 0 Å². The van der Waals surface area contributed by atoms with Crippen LogP contribution in [-0.4, -0.2) is 35.6 Å². The summed E-state index contributed by atoms with van der Waals surface area (Å²) in [6, 6.07) is 3.02. The molecule has 0 aliphatic carbocycles. The minimum Gasteiger partial charge on any atom is -0.378 e. The molecule has 3 unspecified atom stereocenters. The second kappa shape index (κ2) is 5.85. The molecule has 0 spiro atoms. The van der Waals surface area contributed by atoms with Crippen LogP contribution in [0, 0.1) is 5.92 Å². The molecule has 1 aromatic rings. The number of aromatic nitrogens is 2. The molecule has 2 rings (SSSR count). The van der Waals surface area contributed by atoms with E-state index in [4.69, 9.17) is 4.74 Å². The van der Waals surface area contributed by atoms with Crippen LogP contribution < -0.4 is 5.32 Å². The van der Waals surface area contributed by atoms with E-state index >= 15 is 0 Å². The first-order valence-electron chi connectivity index (χ1n) is 6.93. The zero-order valence-electron chi connectivity index (χ0n) is 11.9. The highest BCUT2D eigenvalue weighted by Crippen LogP contribution is 2.24. The Morgan fingerprint density at radius 2 is 2.33 bits per heavy atom. The van der Waals surface area contributed by atoms with Crippen molar-refractivity contribution in [3.8, 4) is 0 Å². The SMILES string of the molecule is CNC(Cc1ccn(C(C)C)n1)C1COC(C)C1. The van der Waals surface area contributed by atoms with E-state index < -0.39 is 0 Å². The topological polar surface area (TPSA) is 39.1 Å². The van der Waals surface area contributed by atoms with E-state index in [1.807, 2.05) is 11.7 Å². The van der Waals surface area contributed by atoms with Gasteiger partial charge in [-0.05, 0) is 40.3 Å². The van der Waals surface area contributed by atoms with Crippen molar-refractivity contribution in [3.63, 3.8) is 0 Å². The number of rotatable bonds is 5. The van der Waals surface area contributed by atoms with E-state index in [1.54, 1.807) is 0 Å². The van der Waals surface area contributed by atoms with Crippen molar-refractivity contribution >= 4 is 0 Å². The van der Waals surface area contributed by atoms with Crippen LogP contribution in [0.5, 0.6) is 0 Å². The molecule has 3 atom stereocenters. The highest BCUT2D eigenvalue weighted by Gasteiger charge is 2.29. The van der Waals surface area contributed by atoms with Crippen LogP contribution >= 0.6 is 0 Å². The zero-order chi connectivity index (χ0) is 13.1. The normalized spacial score (nSPS) is 25.8. The quantitative estimate of drug-likeness (QED) is 0.870. The summed E-state index contributed by atoms with van der Waals surface area (Å²) >= 11 is 0. The Bertz CT molecular complexity index is 375. The summed E-state index contributed by atoms with van der Waals surface area (Å²) in [7, 11) is 2.03. The molecule has 1 aliphatic rings. The summed E-state index contributed by atoms with van der Waals surface area (Å²) in [5.74, 6) is 0.606. The zero-order valence-corrected chi connectivity index (χ0v) is 11.9. The first-order chi connectivity index (χ1) is 8.60. The van der Waals surface area contributed by atoms with Gasteiger partial charge in [0.15, 0.2) is 0 Å². The van der Waals surface area contributed by atoms with Gasteiger partial charge in [-0.3, -0.25) is 4.68 Å². The molecule has 1 aromatic heterocycles. The van der Waals surface area contributed by atoms with Crippen molar-refractivity contribution in [2.45, 2.75) is 51.8 Å². The van der Waals surface area contributed by atoms with Crippen LogP contribution in [0.3, 0.4) is 0 Å². The predicted octanol–water partition coefficient (Wildman–Crippen LogP) is 2.02. The van der Waals surface area contributed by atoms with Crippen LogP contribution in [-0.2, 0) is 11.2 Å². The fourth-order valence-electron chi connectivity index (χ4n) is 2.63. The minimum absolute atomic E-state index is 0.402. The lowest BCUT2D eigenvalue weighted by Crippen LogP contribution is -2.36. The monoisotopic (exact) mass is 251 g/mol. The number of likely N-dealkylation sites (N-methyl/N-ethyl adjacent to an activating group) is 1. The third kappa shape index (κ3) is 3.12. The summed E-state index contributed by atoms with van der Waals surface area (Å²) in [6.07, 6.45) is 4.60. The van der Waals surface area contributed by atoms with Crippen molar-refractivity contribution in [2.24, 2.45) is 5.92 Å². The van der Waals surface area contributed by atoms with Gasteiger partial charge in [-0.15, -0.1) is 0 Å². The van der Waals surface area contributed by atoms with Crippen molar-refractivity contribution in [1.29, 1.82) is 0 Å². The maximum atomic E-state index is 5.66. The lowest BCUT2D eigenvalue weighted by atomic mass is 9.93. The van der Waals surface area contributed by atoms with E-state index in [0.717, 1.165) is 19.4 Å². The van der Waals surface area contributed by atoms with Crippen molar-refractivity contribution in [2.75, 3.05) is 13.7 Å². The van der Waals surface area contributed by atoms with Gasteiger partial charge in [0.25, 0.3) is 0 Å². The average molecular weight is 251 g/mol. The van der Waals surface area contributed by atoms with Crippen LogP contribution in [0.1, 0.15) is 38.9 Å². The molecule has 2 heterocycles. The van der Waals surface area contributed by atoms with Gasteiger partial charge >= 0.3 is 0 Å². The largest absolute Gasteiger partial charge is 0.378 e. The Kier molecular flexibility index (Phi) is 4.40. The minimum atomic E-state index is 0.402. The van der Waals surface area contributed by atoms with E-state index in [9.17, 15) is 0 Å². The molecule has 102 valence electrons. The summed E-state index contributed by atoms with van der Waals surface area (Å²) in [4.78, 5) is 0. The number of nitrogens with one attached hydrogen (secondary N) is 1. The van der Waals surface area contributed by atoms with Gasteiger partial charge in [0.1, 0.15) is 0 Å². The molecular weight excluding hydrogens is 226 g/mol. The molecular formula is C14H25N3O. The van der Waals surface area contributed by atoms with Crippen molar-refractivity contribution in [1.82, 2.24) is 15.1 Å². The average Bonchev–Trinajstić information content (AvgIpc) is 2.94. The van der Waals surface area contributed by atoms with Gasteiger partial charge in [-0.2, -0.15) is 5.10 Å². The second-order valence-electron chi connectivity index (χ2n) is 5.62. The smallest absolute Gasteiger partial charge is 0.0640 e. The number of hydrogen-bond donors (Lipinski definition) is 1. The molecule has 4 nitrogen and oxygen atoms in total. The van der Waals surface area contributed by atoms with E-state index in [1.165, 1.54) is 5.69 Å². The highest BCUT2D eigenvalue weighted by atomic mass is 16.5. The highest BCUT2D eigenvalue weighted by molar-refractivity contribution is 5.03. The van der Waals surface area contributed by atoms with Gasteiger partial charge in [-0.25, -0.2) is 0 Å². The Labute approximate surface area is 110 Å². The Morgan fingerprint density at radius 3 is 2.83 bits per heavy atom. The van der Waals surface area contributed by atoms with E-state index in [0.29, 0.717) is 24.1 Å². The molecule has 1 N–H and O–H groups in total. The molecule has 0 saturated carbocycles. The molecule has 0 aromatic carbocycles. The van der Waals surface area contributed by atoms with Crippen LogP contribution in [0.25, 0.3) is 0 Å². The Balaban J connectivity index is 1.96. The molecule has 0 bridgehead atoms. The van der Waals surface area contributed by atoms with Gasteiger partial charge in [-0.1, -0.05) is 0 Å². The first kappa shape index (κ1) is 13.6. The fourth-order valence-corrected chi connectivity index (χ4v) is 2.63. The number of nitrogens with zero attached hydrogens (tertiary/aromatic N) is 2. The number of hydrogen-bond acceptors (Lipinski definition) is 3. The Morgan fingerprint density at radius 1 is 1.56 bits per heavy atom. The Hall–Kier alpha value is -0.870. The van der Waals surface area contributed by atoms with Crippen LogP contribution in [0.4, 0.5) is 0 Å². The molecule has 1 saturated heterocycles. The van der Waals surface area contributed by atoms with Gasteiger partial charge < -0.3 is 10.1 Å². The van der Waals surface area contributed by atoms with Crippen LogP contribution in [0.2, 0.25) is 0 Å². The lowest BCUT2D eigenvalue weighted by Gasteiger charge is -2.21. The molecule has 1 fully saturated rings. The molecule has 18 heavy (non-hydrogen) atoms. The second-order valence-corrected chi connectivity index (χ2v) is 5.62. The fraction of sp³-hybridized carbons (Fsp3) is 0.786. The van der Waals surface area contributed by atoms with E-state index in [2.05, 4.69) is 43.4 Å². The summed E-state index contributed by atoms with van der Waals surface area (Å²) < 4.78 is 7.69. The predicted molar refractivity (Wildman–Crippen MR) is 72.7 cm³/mol. The summed E-state index contributed by atoms with van der Waals surface area (Å²) in [5, 5.41) is 8.05. The maximum Gasteiger partial charge on any atom is 0.0640 e. The third-order valence-corrected chi connectivity index (χ3v) is 3.79. The summed E-state index contributed by atoms with van der Waals surface area (Å²) in [6.45, 7) is 7.33. The molecule has 0 amide bonds. The van der Waals surface area contributed by atoms with Gasteiger partial charge in [0.05, 0.1) is 18.4 Å². The first-order valence-corrected chi connectivity index (χ1v) is 6.93. The molecule has 1 aliphatic heterocycles. The van der Waals surface area contributed by atoms with Gasteiger partial charge in [0.2, 0.25) is 0 Å². The molecule has 0 radical (unpaired) electrons.